The summed E-state index contributed by atoms with van der Waals surface area (Å²) in [5.41, 5.74) is 9.34. The number of anilines is 3. The van der Waals surface area contributed by atoms with Crippen molar-refractivity contribution in [2.75, 3.05) is 30.0 Å². The van der Waals surface area contributed by atoms with Gasteiger partial charge < -0.3 is 16.4 Å². The van der Waals surface area contributed by atoms with Crippen molar-refractivity contribution in [2.45, 2.75) is 13.3 Å². The molecule has 0 spiro atoms. The van der Waals surface area contributed by atoms with E-state index >= 15 is 0 Å². The van der Waals surface area contributed by atoms with Gasteiger partial charge in [0, 0.05) is 30.4 Å². The van der Waals surface area contributed by atoms with Crippen LogP contribution in [0.15, 0.2) is 30.3 Å². The Bertz CT molecular complexity index is 812. The number of fused-ring (bicyclic) bond motifs is 2. The molecule has 0 saturated heterocycles. The average molecular weight is 309 g/mol. The standard InChI is InChI=1S/C18H19N3O2/c1-3-8-21-16-12(19)9-13(20-2)14-15(16)18(23)11-7-5-4-6-10(11)17(14)22/h4-7,9,20-21H,3,8,19H2,1-2H3. The Balaban J connectivity index is 2.31. The highest BCUT2D eigenvalue weighted by atomic mass is 16.1. The molecule has 0 radical (unpaired) electrons. The fourth-order valence-corrected chi connectivity index (χ4v) is 2.95. The first-order valence-corrected chi connectivity index (χ1v) is 7.66. The zero-order valence-electron chi connectivity index (χ0n) is 13.2. The van der Waals surface area contributed by atoms with Crippen molar-refractivity contribution in [3.05, 3.63) is 52.6 Å². The molecule has 1 aliphatic rings. The van der Waals surface area contributed by atoms with Crippen LogP contribution in [0.3, 0.4) is 0 Å². The number of carbonyl (C=O) groups is 2. The van der Waals surface area contributed by atoms with Crippen molar-refractivity contribution in [3.63, 3.8) is 0 Å². The number of rotatable bonds is 4. The third-order valence-corrected chi connectivity index (χ3v) is 4.05. The molecule has 0 aliphatic heterocycles. The van der Waals surface area contributed by atoms with Crippen LogP contribution in [0.2, 0.25) is 0 Å². The fraction of sp³-hybridized carbons (Fsp3) is 0.222. The summed E-state index contributed by atoms with van der Waals surface area (Å²) in [6, 6.07) is 8.61. The van der Waals surface area contributed by atoms with Crippen LogP contribution in [0.5, 0.6) is 0 Å². The molecule has 1 aliphatic carbocycles. The number of nitrogen functional groups attached to an aromatic ring is 1. The van der Waals surface area contributed by atoms with Crippen LogP contribution >= 0.6 is 0 Å². The van der Waals surface area contributed by atoms with E-state index < -0.39 is 0 Å². The van der Waals surface area contributed by atoms with Gasteiger partial charge in [0.1, 0.15) is 0 Å². The van der Waals surface area contributed by atoms with Gasteiger partial charge in [-0.05, 0) is 12.5 Å². The third kappa shape index (κ3) is 2.25. The second-order valence-electron chi connectivity index (χ2n) is 5.52. The second kappa shape index (κ2) is 5.76. The monoisotopic (exact) mass is 309 g/mol. The van der Waals surface area contributed by atoms with Gasteiger partial charge >= 0.3 is 0 Å². The maximum atomic E-state index is 13.0. The van der Waals surface area contributed by atoms with Crippen LogP contribution in [-0.2, 0) is 0 Å². The SMILES string of the molecule is CCCNc1c(N)cc(NC)c2c1C(=O)c1ccccc1C2=O. The number of carbonyl (C=O) groups excluding carboxylic acids is 2. The van der Waals surface area contributed by atoms with Crippen LogP contribution in [0.1, 0.15) is 45.2 Å². The molecule has 0 saturated carbocycles. The van der Waals surface area contributed by atoms with Crippen molar-refractivity contribution in [1.29, 1.82) is 0 Å². The van der Waals surface area contributed by atoms with Gasteiger partial charge in [-0.1, -0.05) is 31.2 Å². The lowest BCUT2D eigenvalue weighted by atomic mass is 9.82. The summed E-state index contributed by atoms with van der Waals surface area (Å²) >= 11 is 0. The van der Waals surface area contributed by atoms with Crippen LogP contribution in [-0.4, -0.2) is 25.2 Å². The minimum atomic E-state index is -0.169. The highest BCUT2D eigenvalue weighted by molar-refractivity contribution is 6.32. The molecule has 5 heteroatoms. The predicted octanol–water partition coefficient (Wildman–Crippen LogP) is 2.91. The predicted molar refractivity (Wildman–Crippen MR) is 92.5 cm³/mol. The Labute approximate surface area is 134 Å². The molecule has 0 aromatic heterocycles. The molecule has 0 heterocycles. The van der Waals surface area contributed by atoms with Crippen molar-refractivity contribution < 1.29 is 9.59 Å². The largest absolute Gasteiger partial charge is 0.397 e. The van der Waals surface area contributed by atoms with E-state index in [0.717, 1.165) is 6.42 Å². The summed E-state index contributed by atoms with van der Waals surface area (Å²) in [4.78, 5) is 25.9. The first-order valence-electron chi connectivity index (χ1n) is 7.66. The summed E-state index contributed by atoms with van der Waals surface area (Å²) in [5, 5.41) is 6.18. The maximum Gasteiger partial charge on any atom is 0.196 e. The molecule has 5 nitrogen and oxygen atoms in total. The number of benzene rings is 2. The van der Waals surface area contributed by atoms with Gasteiger partial charge in [0.15, 0.2) is 11.6 Å². The molecule has 118 valence electrons. The van der Waals surface area contributed by atoms with Gasteiger partial charge in [0.05, 0.1) is 22.5 Å². The quantitative estimate of drug-likeness (QED) is 0.645. The number of ketones is 2. The van der Waals surface area contributed by atoms with Gasteiger partial charge in [0.2, 0.25) is 0 Å². The Morgan fingerprint density at radius 2 is 1.65 bits per heavy atom. The van der Waals surface area contributed by atoms with Crippen LogP contribution < -0.4 is 16.4 Å². The first-order chi connectivity index (χ1) is 11.1. The molecule has 23 heavy (non-hydrogen) atoms. The van der Waals surface area contributed by atoms with E-state index in [9.17, 15) is 9.59 Å². The van der Waals surface area contributed by atoms with E-state index in [2.05, 4.69) is 10.6 Å². The Morgan fingerprint density at radius 1 is 1.04 bits per heavy atom. The molecule has 4 N–H and O–H groups in total. The van der Waals surface area contributed by atoms with E-state index in [4.69, 9.17) is 5.73 Å². The van der Waals surface area contributed by atoms with Gasteiger partial charge in [0.25, 0.3) is 0 Å². The maximum absolute atomic E-state index is 13.0. The molecular weight excluding hydrogens is 290 g/mol. The minimum absolute atomic E-state index is 0.154. The van der Waals surface area contributed by atoms with Crippen molar-refractivity contribution >= 4 is 28.6 Å². The Morgan fingerprint density at radius 3 is 2.22 bits per heavy atom. The third-order valence-electron chi connectivity index (χ3n) is 4.05. The van der Waals surface area contributed by atoms with Crippen molar-refractivity contribution in [1.82, 2.24) is 0 Å². The molecule has 0 atom stereocenters. The summed E-state index contributed by atoms with van der Waals surface area (Å²) in [7, 11) is 1.71. The zero-order chi connectivity index (χ0) is 16.6. The summed E-state index contributed by atoms with van der Waals surface area (Å²) in [6.45, 7) is 2.71. The Hall–Kier alpha value is -2.82. The highest BCUT2D eigenvalue weighted by Gasteiger charge is 2.34. The molecular formula is C18H19N3O2. The lowest BCUT2D eigenvalue weighted by Crippen LogP contribution is -2.24. The number of hydrogen-bond donors (Lipinski definition) is 3. The van der Waals surface area contributed by atoms with Gasteiger partial charge in [-0.3, -0.25) is 9.59 Å². The van der Waals surface area contributed by atoms with E-state index in [1.165, 1.54) is 0 Å². The molecule has 0 fully saturated rings. The molecule has 2 aromatic carbocycles. The van der Waals surface area contributed by atoms with Crippen LogP contribution in [0.25, 0.3) is 0 Å². The van der Waals surface area contributed by atoms with E-state index in [1.54, 1.807) is 37.4 Å². The lowest BCUT2D eigenvalue weighted by Gasteiger charge is -2.24. The summed E-state index contributed by atoms with van der Waals surface area (Å²) < 4.78 is 0. The second-order valence-corrected chi connectivity index (χ2v) is 5.52. The normalized spacial score (nSPS) is 12.6. The average Bonchev–Trinajstić information content (AvgIpc) is 2.57. The molecule has 2 aromatic rings. The van der Waals surface area contributed by atoms with E-state index in [-0.39, 0.29) is 11.6 Å². The molecule has 3 rings (SSSR count). The molecule has 0 unspecified atom stereocenters. The molecule has 0 amide bonds. The van der Waals surface area contributed by atoms with Crippen molar-refractivity contribution in [2.24, 2.45) is 0 Å². The fourth-order valence-electron chi connectivity index (χ4n) is 2.95. The minimum Gasteiger partial charge on any atom is -0.397 e. The smallest absolute Gasteiger partial charge is 0.196 e. The Kier molecular flexibility index (Phi) is 3.78. The first kappa shape index (κ1) is 15.1. The topological polar surface area (TPSA) is 84.2 Å². The van der Waals surface area contributed by atoms with Crippen LogP contribution in [0.4, 0.5) is 17.1 Å². The molecule has 0 bridgehead atoms. The van der Waals surface area contributed by atoms with Crippen LogP contribution in [0, 0.1) is 0 Å². The van der Waals surface area contributed by atoms with Gasteiger partial charge in [-0.15, -0.1) is 0 Å². The highest BCUT2D eigenvalue weighted by Crippen LogP contribution is 2.39. The van der Waals surface area contributed by atoms with E-state index in [0.29, 0.717) is 45.9 Å². The van der Waals surface area contributed by atoms with Gasteiger partial charge in [-0.2, -0.15) is 0 Å². The van der Waals surface area contributed by atoms with Gasteiger partial charge in [-0.25, -0.2) is 0 Å². The lowest BCUT2D eigenvalue weighted by molar-refractivity contribution is 0.0980. The van der Waals surface area contributed by atoms with Crippen molar-refractivity contribution in [3.8, 4) is 0 Å². The number of nitrogens with one attached hydrogen (secondary N) is 2. The summed E-state index contributed by atoms with van der Waals surface area (Å²) in [5.74, 6) is -0.322. The summed E-state index contributed by atoms with van der Waals surface area (Å²) in [6.07, 6.45) is 0.890. The zero-order valence-corrected chi connectivity index (χ0v) is 13.2. The number of hydrogen-bond acceptors (Lipinski definition) is 5. The number of nitrogens with two attached hydrogens (primary N) is 1. The van der Waals surface area contributed by atoms with E-state index in [1.807, 2.05) is 6.92 Å².